The number of aliphatic hydroxyl groups excluding tert-OH is 1. The average Bonchev–Trinajstić information content (AvgIpc) is 3.39. The Labute approximate surface area is 170 Å². The second kappa shape index (κ2) is 8.78. The van der Waals surface area contributed by atoms with Crippen LogP contribution in [-0.4, -0.2) is 43.4 Å². The molecule has 1 N–H and O–H groups in total. The SMILES string of the molecule is CCOC(=O)C1(CS(=O)Cc2ccco2)OC(=O)C(O)=C1S(=O)Cc1ccco1. The van der Waals surface area contributed by atoms with Crippen molar-refractivity contribution >= 4 is 33.5 Å². The third-order valence-electron chi connectivity index (χ3n) is 3.98. The Morgan fingerprint density at radius 1 is 1.14 bits per heavy atom. The molecule has 1 aliphatic rings. The number of hydrogen-bond donors (Lipinski definition) is 1. The molecule has 2 aromatic heterocycles. The van der Waals surface area contributed by atoms with E-state index in [1.54, 1.807) is 24.3 Å². The molecule has 0 spiro atoms. The average molecular weight is 442 g/mol. The van der Waals surface area contributed by atoms with Crippen molar-refractivity contribution in [2.45, 2.75) is 24.0 Å². The van der Waals surface area contributed by atoms with Crippen LogP contribution < -0.4 is 0 Å². The van der Waals surface area contributed by atoms with Crippen LogP contribution in [0.4, 0.5) is 0 Å². The zero-order valence-corrected chi connectivity index (χ0v) is 17.0. The van der Waals surface area contributed by atoms with Gasteiger partial charge in [0.1, 0.15) is 16.4 Å². The van der Waals surface area contributed by atoms with Crippen molar-refractivity contribution in [1.82, 2.24) is 0 Å². The Morgan fingerprint density at radius 3 is 2.31 bits per heavy atom. The first kappa shape index (κ1) is 21.1. The van der Waals surface area contributed by atoms with Crippen LogP contribution in [0.1, 0.15) is 18.4 Å². The van der Waals surface area contributed by atoms with Gasteiger partial charge in [0, 0.05) is 10.8 Å². The zero-order valence-electron chi connectivity index (χ0n) is 15.3. The molecule has 1 aliphatic heterocycles. The standard InChI is InChI=1S/C18H18O9S2/c1-2-24-17(21)18(11-28(22)9-12-5-3-7-25-12)15(14(19)16(20)27-18)29(23)10-13-6-4-8-26-13/h3-8,19H,2,9-11H2,1H3. The summed E-state index contributed by atoms with van der Waals surface area (Å²) in [6, 6.07) is 6.33. The fourth-order valence-corrected chi connectivity index (χ4v) is 5.67. The van der Waals surface area contributed by atoms with E-state index in [-0.39, 0.29) is 18.1 Å². The van der Waals surface area contributed by atoms with Gasteiger partial charge in [0.15, 0.2) is 0 Å². The molecule has 156 valence electrons. The fraction of sp³-hybridized carbons (Fsp3) is 0.333. The Kier molecular flexibility index (Phi) is 6.38. The Hall–Kier alpha value is -2.66. The molecule has 0 bridgehead atoms. The maximum Gasteiger partial charge on any atom is 0.376 e. The first-order valence-corrected chi connectivity index (χ1v) is 11.3. The summed E-state index contributed by atoms with van der Waals surface area (Å²) in [7, 11) is -3.88. The molecule has 0 aromatic carbocycles. The first-order valence-electron chi connectivity index (χ1n) is 8.49. The predicted molar refractivity (Wildman–Crippen MR) is 101 cm³/mol. The van der Waals surface area contributed by atoms with Crippen molar-refractivity contribution in [3.63, 3.8) is 0 Å². The lowest BCUT2D eigenvalue weighted by molar-refractivity contribution is -0.169. The van der Waals surface area contributed by atoms with Gasteiger partial charge in [-0.3, -0.25) is 8.42 Å². The van der Waals surface area contributed by atoms with Gasteiger partial charge in [-0.15, -0.1) is 0 Å². The molecule has 0 saturated carbocycles. The van der Waals surface area contributed by atoms with Gasteiger partial charge in [0.2, 0.25) is 5.76 Å². The van der Waals surface area contributed by atoms with Gasteiger partial charge in [-0.2, -0.15) is 0 Å². The minimum absolute atomic E-state index is 0.0676. The molecule has 11 heteroatoms. The van der Waals surface area contributed by atoms with Gasteiger partial charge in [0.25, 0.3) is 5.60 Å². The van der Waals surface area contributed by atoms with Gasteiger partial charge in [-0.05, 0) is 31.2 Å². The Bertz CT molecular complexity index is 960. The van der Waals surface area contributed by atoms with Crippen molar-refractivity contribution in [2.24, 2.45) is 0 Å². The summed E-state index contributed by atoms with van der Waals surface area (Å²) in [5.74, 6) is -3.43. The number of carbonyl (C=O) groups excluding carboxylic acids is 2. The van der Waals surface area contributed by atoms with Crippen LogP contribution in [-0.2, 0) is 52.2 Å². The molecule has 0 aliphatic carbocycles. The molecule has 0 radical (unpaired) electrons. The molecule has 3 atom stereocenters. The molecule has 3 rings (SSSR count). The molecule has 2 aromatic rings. The summed E-state index contributed by atoms with van der Waals surface area (Å²) in [6.07, 6.45) is 2.77. The molecule has 3 heterocycles. The molecular formula is C18H18O9S2. The highest BCUT2D eigenvalue weighted by Gasteiger charge is 2.58. The van der Waals surface area contributed by atoms with Crippen molar-refractivity contribution in [3.05, 3.63) is 59.0 Å². The number of furan rings is 2. The van der Waals surface area contributed by atoms with Crippen molar-refractivity contribution in [1.29, 1.82) is 0 Å². The molecular weight excluding hydrogens is 424 g/mol. The minimum atomic E-state index is -2.27. The number of ether oxygens (including phenoxy) is 2. The Morgan fingerprint density at radius 2 is 1.76 bits per heavy atom. The van der Waals surface area contributed by atoms with Gasteiger partial charge in [0.05, 0.1) is 47.2 Å². The lowest BCUT2D eigenvalue weighted by Gasteiger charge is -2.27. The van der Waals surface area contributed by atoms with E-state index >= 15 is 0 Å². The number of cyclic esters (lactones) is 1. The Balaban J connectivity index is 1.96. The van der Waals surface area contributed by atoms with E-state index in [1.165, 1.54) is 19.5 Å². The summed E-state index contributed by atoms with van der Waals surface area (Å²) < 4.78 is 46.1. The highest BCUT2D eigenvalue weighted by Crippen LogP contribution is 2.38. The minimum Gasteiger partial charge on any atom is -0.501 e. The van der Waals surface area contributed by atoms with Gasteiger partial charge >= 0.3 is 11.9 Å². The monoisotopic (exact) mass is 442 g/mol. The summed E-state index contributed by atoms with van der Waals surface area (Å²) in [4.78, 5) is 24.4. The fourth-order valence-electron chi connectivity index (χ4n) is 2.79. The molecule has 0 saturated heterocycles. The quantitative estimate of drug-likeness (QED) is 0.576. The van der Waals surface area contributed by atoms with Crippen LogP contribution in [0.25, 0.3) is 0 Å². The number of rotatable bonds is 9. The molecule has 3 unspecified atom stereocenters. The van der Waals surface area contributed by atoms with E-state index < -0.39 is 55.6 Å². The largest absolute Gasteiger partial charge is 0.501 e. The van der Waals surface area contributed by atoms with E-state index in [0.29, 0.717) is 11.5 Å². The zero-order chi connectivity index (χ0) is 21.0. The summed E-state index contributed by atoms with van der Waals surface area (Å²) in [5.41, 5.74) is -2.27. The second-order valence-corrected chi connectivity index (χ2v) is 8.84. The maximum atomic E-state index is 13.0. The summed E-state index contributed by atoms with van der Waals surface area (Å²) in [5, 5.41) is 10.2. The lowest BCUT2D eigenvalue weighted by atomic mass is 10.1. The van der Waals surface area contributed by atoms with E-state index in [9.17, 15) is 23.1 Å². The van der Waals surface area contributed by atoms with Crippen LogP contribution in [0.2, 0.25) is 0 Å². The summed E-state index contributed by atoms with van der Waals surface area (Å²) in [6.45, 7) is 1.47. The molecule has 29 heavy (non-hydrogen) atoms. The molecule has 9 nitrogen and oxygen atoms in total. The molecule has 0 amide bonds. The predicted octanol–water partition coefficient (Wildman–Crippen LogP) is 1.70. The number of hydrogen-bond acceptors (Lipinski definition) is 9. The normalized spacial score (nSPS) is 21.1. The lowest BCUT2D eigenvalue weighted by Crippen LogP contribution is -2.48. The van der Waals surface area contributed by atoms with E-state index in [4.69, 9.17) is 18.3 Å². The van der Waals surface area contributed by atoms with Crippen LogP contribution in [0, 0.1) is 0 Å². The van der Waals surface area contributed by atoms with E-state index in [0.717, 1.165) is 0 Å². The second-order valence-electron chi connectivity index (χ2n) is 5.99. The van der Waals surface area contributed by atoms with Crippen LogP contribution >= 0.6 is 0 Å². The highest BCUT2D eigenvalue weighted by molar-refractivity contribution is 7.88. The van der Waals surface area contributed by atoms with Gasteiger partial charge < -0.3 is 23.4 Å². The third-order valence-corrected chi connectivity index (χ3v) is 6.84. The van der Waals surface area contributed by atoms with Crippen molar-refractivity contribution in [3.8, 4) is 0 Å². The number of esters is 2. The number of aliphatic hydroxyl groups is 1. The van der Waals surface area contributed by atoms with E-state index in [1.807, 2.05) is 0 Å². The smallest absolute Gasteiger partial charge is 0.376 e. The first-order chi connectivity index (χ1) is 13.9. The van der Waals surface area contributed by atoms with Crippen LogP contribution in [0.5, 0.6) is 0 Å². The van der Waals surface area contributed by atoms with Gasteiger partial charge in [-0.25, -0.2) is 9.59 Å². The van der Waals surface area contributed by atoms with Crippen LogP contribution in [0.3, 0.4) is 0 Å². The van der Waals surface area contributed by atoms with Crippen molar-refractivity contribution < 1.29 is 41.4 Å². The molecule has 0 fully saturated rings. The van der Waals surface area contributed by atoms with E-state index in [2.05, 4.69) is 0 Å². The topological polar surface area (TPSA) is 133 Å². The maximum absolute atomic E-state index is 13.0. The number of carbonyl (C=O) groups is 2. The third kappa shape index (κ3) is 4.35. The van der Waals surface area contributed by atoms with Crippen molar-refractivity contribution in [2.75, 3.05) is 12.4 Å². The highest BCUT2D eigenvalue weighted by atomic mass is 32.2. The summed E-state index contributed by atoms with van der Waals surface area (Å²) >= 11 is 0. The van der Waals surface area contributed by atoms with Crippen LogP contribution in [0.15, 0.2) is 56.3 Å². The van der Waals surface area contributed by atoms with Gasteiger partial charge in [-0.1, -0.05) is 0 Å².